The average molecular weight is 649 g/mol. The van der Waals surface area contributed by atoms with Gasteiger partial charge in [0.2, 0.25) is 15.9 Å². The van der Waals surface area contributed by atoms with Gasteiger partial charge in [-0.1, -0.05) is 25.2 Å². The molecule has 0 bridgehead atoms. The number of aryl methyl sites for hydroxylation is 1. The van der Waals surface area contributed by atoms with Crippen molar-refractivity contribution in [1.82, 2.24) is 29.2 Å². The maximum absolute atomic E-state index is 13.6. The first-order chi connectivity index (χ1) is 19.0. The molecule has 0 atom stereocenters. The Labute approximate surface area is 247 Å². The van der Waals surface area contributed by atoms with Crippen molar-refractivity contribution in [3.63, 3.8) is 0 Å². The van der Waals surface area contributed by atoms with E-state index in [0.717, 1.165) is 61.0 Å². The second kappa shape index (κ2) is 11.5. The van der Waals surface area contributed by atoms with Crippen LogP contribution in [-0.4, -0.2) is 57.4 Å². The minimum Gasteiger partial charge on any atom is -0.342 e. The summed E-state index contributed by atoms with van der Waals surface area (Å²) in [5.74, 6) is 0.693. The Kier molecular flexibility index (Phi) is 8.34. The van der Waals surface area contributed by atoms with Crippen molar-refractivity contribution in [1.29, 1.82) is 5.26 Å². The van der Waals surface area contributed by atoms with Gasteiger partial charge < -0.3 is 4.90 Å². The summed E-state index contributed by atoms with van der Waals surface area (Å²) in [6, 6.07) is 3.95. The van der Waals surface area contributed by atoms with Crippen molar-refractivity contribution in [3.8, 4) is 16.9 Å². The standard InChI is InChI=1S/C27H34BrN7O3S2/c1-17(2)26(36)34-13-8-18(9-14-34)20-15-19(40(37,38)33-27(3)10-11-27)16-35-22(20)23(28)30-24(35)25-32-31-21(39-25)7-5-4-6-12-29/h15-18,33H,4-11,13-14H2,1-3H3. The van der Waals surface area contributed by atoms with Crippen molar-refractivity contribution >= 4 is 48.7 Å². The lowest BCUT2D eigenvalue weighted by Gasteiger charge is -2.33. The first kappa shape index (κ1) is 29.1. The summed E-state index contributed by atoms with van der Waals surface area (Å²) >= 11 is 5.09. The summed E-state index contributed by atoms with van der Waals surface area (Å²) < 4.78 is 32.4. The zero-order valence-electron chi connectivity index (χ0n) is 23.0. The highest BCUT2D eigenvalue weighted by Crippen LogP contribution is 2.40. The van der Waals surface area contributed by atoms with E-state index in [0.29, 0.717) is 34.9 Å². The van der Waals surface area contributed by atoms with Crippen LogP contribution < -0.4 is 4.72 Å². The van der Waals surface area contributed by atoms with Crippen LogP contribution in [0.5, 0.6) is 0 Å². The van der Waals surface area contributed by atoms with Gasteiger partial charge in [0.25, 0.3) is 0 Å². The Hall–Kier alpha value is -2.40. The molecule has 5 rings (SSSR count). The summed E-state index contributed by atoms with van der Waals surface area (Å²) in [5.41, 5.74) is 1.30. The van der Waals surface area contributed by atoms with E-state index < -0.39 is 15.6 Å². The second-order valence-corrected chi connectivity index (χ2v) is 14.9. The van der Waals surface area contributed by atoms with E-state index in [1.807, 2.05) is 30.1 Å². The first-order valence-corrected chi connectivity index (χ1v) is 16.8. The fourth-order valence-electron chi connectivity index (χ4n) is 5.16. The molecule has 1 saturated carbocycles. The Bertz CT molecular complexity index is 1560. The van der Waals surface area contributed by atoms with Crippen LogP contribution in [0.15, 0.2) is 21.8 Å². The molecule has 0 radical (unpaired) electrons. The predicted molar refractivity (Wildman–Crippen MR) is 156 cm³/mol. The molecule has 0 spiro atoms. The van der Waals surface area contributed by atoms with Crippen molar-refractivity contribution in [2.24, 2.45) is 5.92 Å². The molecule has 1 amide bonds. The highest BCUT2D eigenvalue weighted by molar-refractivity contribution is 9.10. The lowest BCUT2D eigenvalue weighted by molar-refractivity contribution is -0.135. The van der Waals surface area contributed by atoms with Gasteiger partial charge >= 0.3 is 0 Å². The van der Waals surface area contributed by atoms with Crippen LogP contribution in [-0.2, 0) is 21.2 Å². The number of pyridine rings is 1. The van der Waals surface area contributed by atoms with Crippen molar-refractivity contribution in [3.05, 3.63) is 27.4 Å². The Balaban J connectivity index is 1.54. The third-order valence-electron chi connectivity index (χ3n) is 7.71. The number of halogens is 1. The number of nitriles is 1. The summed E-state index contributed by atoms with van der Waals surface area (Å²) in [6.45, 7) is 7.01. The number of carbonyl (C=O) groups is 1. The molecule has 0 unspecified atom stereocenters. The number of sulfonamides is 1. The number of imidazole rings is 1. The maximum atomic E-state index is 13.6. The average Bonchev–Trinajstić information content (AvgIpc) is 3.31. The van der Waals surface area contributed by atoms with E-state index in [1.165, 1.54) is 11.3 Å². The van der Waals surface area contributed by atoms with Gasteiger partial charge in [-0.2, -0.15) is 5.26 Å². The normalized spacial score (nSPS) is 17.4. The van der Waals surface area contributed by atoms with E-state index in [-0.39, 0.29) is 22.6 Å². The van der Waals surface area contributed by atoms with Gasteiger partial charge in [0.05, 0.1) is 16.5 Å². The zero-order chi connectivity index (χ0) is 28.7. The molecule has 214 valence electrons. The molecule has 3 aromatic rings. The molecule has 10 nitrogen and oxygen atoms in total. The third-order valence-corrected chi connectivity index (χ3v) is 10.9. The second-order valence-electron chi connectivity index (χ2n) is 11.4. The monoisotopic (exact) mass is 647 g/mol. The van der Waals surface area contributed by atoms with Gasteiger partial charge in [-0.25, -0.2) is 18.1 Å². The number of rotatable bonds is 10. The van der Waals surface area contributed by atoms with Gasteiger partial charge in [-0.15, -0.1) is 10.2 Å². The van der Waals surface area contributed by atoms with Gasteiger partial charge in [-0.3, -0.25) is 9.20 Å². The fourth-order valence-corrected chi connectivity index (χ4v) is 8.11. The Morgan fingerprint density at radius 1 is 1.27 bits per heavy atom. The third kappa shape index (κ3) is 6.10. The van der Waals surface area contributed by atoms with Crippen LogP contribution in [0, 0.1) is 17.2 Å². The number of nitrogens with zero attached hydrogens (tertiary/aromatic N) is 6. The van der Waals surface area contributed by atoms with E-state index in [9.17, 15) is 13.2 Å². The number of carbonyl (C=O) groups excluding carboxylic acids is 1. The number of nitrogens with one attached hydrogen (secondary N) is 1. The summed E-state index contributed by atoms with van der Waals surface area (Å²) in [4.78, 5) is 19.5. The van der Waals surface area contributed by atoms with Crippen molar-refractivity contribution in [2.75, 3.05) is 13.1 Å². The smallest absolute Gasteiger partial charge is 0.242 e. The minimum absolute atomic E-state index is 0.0544. The largest absolute Gasteiger partial charge is 0.342 e. The molecule has 1 aliphatic heterocycles. The number of hydrogen-bond donors (Lipinski definition) is 1. The molecule has 4 heterocycles. The predicted octanol–water partition coefficient (Wildman–Crippen LogP) is 5.04. The van der Waals surface area contributed by atoms with Crippen molar-refractivity contribution < 1.29 is 13.2 Å². The highest BCUT2D eigenvalue weighted by Gasteiger charge is 2.42. The fraction of sp³-hybridized carbons (Fsp3) is 0.593. The quantitative estimate of drug-likeness (QED) is 0.305. The topological polar surface area (TPSA) is 133 Å². The number of aromatic nitrogens is 4. The number of likely N-dealkylation sites (tertiary alicyclic amines) is 1. The number of piperidine rings is 1. The van der Waals surface area contributed by atoms with E-state index in [1.54, 1.807) is 12.3 Å². The molecular formula is C27H34BrN7O3S2. The molecular weight excluding hydrogens is 614 g/mol. The van der Waals surface area contributed by atoms with Crippen molar-refractivity contribution in [2.45, 2.75) is 88.5 Å². The molecule has 2 fully saturated rings. The molecule has 1 N–H and O–H groups in total. The van der Waals surface area contributed by atoms with E-state index >= 15 is 0 Å². The number of amides is 1. The lowest BCUT2D eigenvalue weighted by Crippen LogP contribution is -2.40. The van der Waals surface area contributed by atoms with Gasteiger partial charge in [-0.05, 0) is 78.9 Å². The summed E-state index contributed by atoms with van der Waals surface area (Å²) in [7, 11) is -3.78. The molecule has 3 aromatic heterocycles. The maximum Gasteiger partial charge on any atom is 0.242 e. The molecule has 1 saturated heterocycles. The molecule has 13 heteroatoms. The zero-order valence-corrected chi connectivity index (χ0v) is 26.2. The van der Waals surface area contributed by atoms with Gasteiger partial charge in [0.15, 0.2) is 10.8 Å². The summed E-state index contributed by atoms with van der Waals surface area (Å²) in [6.07, 6.45) is 7.63. The van der Waals surface area contributed by atoms with Crippen LogP contribution in [0.3, 0.4) is 0 Å². The Morgan fingerprint density at radius 3 is 2.65 bits per heavy atom. The van der Waals surface area contributed by atoms with Crippen LogP contribution in [0.4, 0.5) is 0 Å². The van der Waals surface area contributed by atoms with Crippen LogP contribution in [0.1, 0.15) is 82.2 Å². The van der Waals surface area contributed by atoms with Crippen LogP contribution in [0.2, 0.25) is 0 Å². The lowest BCUT2D eigenvalue weighted by atomic mass is 9.89. The van der Waals surface area contributed by atoms with Gasteiger partial charge in [0, 0.05) is 43.6 Å². The molecule has 2 aliphatic rings. The minimum atomic E-state index is -3.78. The number of unbranched alkanes of at least 4 members (excludes halogenated alkanes) is 2. The molecule has 0 aromatic carbocycles. The Morgan fingerprint density at radius 2 is 2.00 bits per heavy atom. The van der Waals surface area contributed by atoms with Gasteiger partial charge in [0.1, 0.15) is 9.61 Å². The molecule has 40 heavy (non-hydrogen) atoms. The SMILES string of the molecule is CC(C)C(=O)N1CCC(c2cc(S(=O)(=O)NC3(C)CC3)cn3c(-c4nnc(CCCCC#N)s4)nc(Br)c23)CC1. The van der Waals surface area contributed by atoms with E-state index in [2.05, 4.69) is 36.9 Å². The highest BCUT2D eigenvalue weighted by atomic mass is 79.9. The van der Waals surface area contributed by atoms with Crippen LogP contribution in [0.25, 0.3) is 16.3 Å². The number of hydrogen-bond acceptors (Lipinski definition) is 8. The first-order valence-electron chi connectivity index (χ1n) is 13.8. The number of fused-ring (bicyclic) bond motifs is 1. The molecule has 1 aliphatic carbocycles. The van der Waals surface area contributed by atoms with E-state index in [4.69, 9.17) is 10.2 Å². The summed E-state index contributed by atoms with van der Waals surface area (Å²) in [5, 5.41) is 19.0. The van der Waals surface area contributed by atoms with Crippen LogP contribution >= 0.6 is 27.3 Å².